The summed E-state index contributed by atoms with van der Waals surface area (Å²) in [5, 5.41) is 10.2. The molecule has 2 aromatic carbocycles. The lowest BCUT2D eigenvalue weighted by atomic mass is 10.0. The van der Waals surface area contributed by atoms with Crippen molar-refractivity contribution in [1.82, 2.24) is 24.9 Å². The minimum absolute atomic E-state index is 0.0436. The van der Waals surface area contributed by atoms with Gasteiger partial charge in [-0.1, -0.05) is 12.1 Å². The van der Waals surface area contributed by atoms with Crippen molar-refractivity contribution in [2.75, 3.05) is 11.9 Å². The number of carbonyl (C=O) groups is 1. The van der Waals surface area contributed by atoms with Crippen molar-refractivity contribution in [3.63, 3.8) is 0 Å². The van der Waals surface area contributed by atoms with Crippen LogP contribution in [0.25, 0.3) is 27.9 Å². The maximum atomic E-state index is 13.3. The average Bonchev–Trinajstić information content (AvgIpc) is 3.39. The molecule has 1 fully saturated rings. The zero-order chi connectivity index (χ0) is 24.3. The molecule has 1 aliphatic heterocycles. The summed E-state index contributed by atoms with van der Waals surface area (Å²) >= 11 is 0. The van der Waals surface area contributed by atoms with Crippen molar-refractivity contribution < 1.29 is 31.1 Å². The van der Waals surface area contributed by atoms with Gasteiger partial charge in [0.05, 0.1) is 16.6 Å². The van der Waals surface area contributed by atoms with E-state index in [1.807, 2.05) is 0 Å². The second kappa shape index (κ2) is 7.57. The molecular formula is C21H14F6N6O. The third-order valence-electron chi connectivity index (χ3n) is 5.38. The molecule has 2 N–H and O–H groups in total. The second-order valence-corrected chi connectivity index (χ2v) is 7.69. The number of fused-ring (bicyclic) bond motifs is 3. The van der Waals surface area contributed by atoms with E-state index < -0.39 is 35.1 Å². The van der Waals surface area contributed by atoms with E-state index in [1.165, 1.54) is 4.52 Å². The quantitative estimate of drug-likeness (QED) is 0.428. The van der Waals surface area contributed by atoms with Gasteiger partial charge in [0.1, 0.15) is 6.04 Å². The summed E-state index contributed by atoms with van der Waals surface area (Å²) in [4.78, 5) is 20.7. The molecule has 0 aliphatic carbocycles. The molecule has 7 nitrogen and oxygen atoms in total. The van der Waals surface area contributed by atoms with E-state index in [4.69, 9.17) is 0 Å². The third-order valence-corrected chi connectivity index (χ3v) is 5.38. The number of rotatable bonds is 3. The first-order valence-corrected chi connectivity index (χ1v) is 10.0. The smallest absolute Gasteiger partial charge is 0.354 e. The Morgan fingerprint density at radius 3 is 2.26 bits per heavy atom. The van der Waals surface area contributed by atoms with Crippen LogP contribution < -0.4 is 10.6 Å². The Morgan fingerprint density at radius 2 is 1.65 bits per heavy atom. The minimum Gasteiger partial charge on any atom is -0.354 e. The Kier molecular flexibility index (Phi) is 4.88. The molecule has 13 heteroatoms. The third kappa shape index (κ3) is 3.86. The van der Waals surface area contributed by atoms with Crippen LogP contribution in [0.4, 0.5) is 32.3 Å². The molecule has 0 bridgehead atoms. The van der Waals surface area contributed by atoms with Crippen LogP contribution in [0.5, 0.6) is 0 Å². The van der Waals surface area contributed by atoms with Gasteiger partial charge in [0.15, 0.2) is 11.5 Å². The highest BCUT2D eigenvalue weighted by Gasteiger charge is 2.37. The van der Waals surface area contributed by atoms with Crippen LogP contribution in [-0.4, -0.2) is 38.1 Å². The normalized spacial score (nSPS) is 16.9. The highest BCUT2D eigenvalue weighted by Crippen LogP contribution is 2.38. The summed E-state index contributed by atoms with van der Waals surface area (Å²) in [6.45, 7) is 0.445. The molecule has 0 radical (unpaired) electrons. The van der Waals surface area contributed by atoms with Crippen molar-refractivity contribution in [1.29, 1.82) is 0 Å². The molecule has 4 aromatic rings. The van der Waals surface area contributed by atoms with Crippen molar-refractivity contribution in [2.24, 2.45) is 0 Å². The molecule has 0 saturated carbocycles. The number of aromatic nitrogens is 4. The fourth-order valence-electron chi connectivity index (χ4n) is 3.74. The first kappa shape index (κ1) is 21.9. The first-order chi connectivity index (χ1) is 16.0. The van der Waals surface area contributed by atoms with Crippen molar-refractivity contribution in [3.8, 4) is 11.4 Å². The van der Waals surface area contributed by atoms with Crippen LogP contribution in [0.2, 0.25) is 0 Å². The number of nitrogens with one attached hydrogen (secondary N) is 2. The first-order valence-electron chi connectivity index (χ1n) is 10.0. The highest BCUT2D eigenvalue weighted by molar-refractivity contribution is 5.93. The number of halogens is 6. The zero-order valence-corrected chi connectivity index (χ0v) is 17.0. The SMILES string of the molecule is O=C1NCC[C@H]1Nc1nc2ccccc2c2nc(-c3cc(C(F)(F)F)cc(C(F)(F)F)c3)nn12. The molecule has 1 amide bonds. The summed E-state index contributed by atoms with van der Waals surface area (Å²) in [5.74, 6) is -0.539. The molecule has 176 valence electrons. The Morgan fingerprint density at radius 1 is 0.971 bits per heavy atom. The lowest BCUT2D eigenvalue weighted by Crippen LogP contribution is -2.30. The van der Waals surface area contributed by atoms with E-state index in [0.29, 0.717) is 36.0 Å². The van der Waals surface area contributed by atoms with Gasteiger partial charge in [-0.2, -0.15) is 30.9 Å². The molecular weight excluding hydrogens is 466 g/mol. The number of para-hydroxylation sites is 1. The van der Waals surface area contributed by atoms with Gasteiger partial charge >= 0.3 is 12.4 Å². The van der Waals surface area contributed by atoms with E-state index in [0.717, 1.165) is 0 Å². The van der Waals surface area contributed by atoms with Gasteiger partial charge < -0.3 is 10.6 Å². The Balaban J connectivity index is 1.72. The summed E-state index contributed by atoms with van der Waals surface area (Å²) in [6.07, 6.45) is -9.56. The second-order valence-electron chi connectivity index (χ2n) is 7.69. The van der Waals surface area contributed by atoms with Crippen molar-refractivity contribution in [3.05, 3.63) is 53.6 Å². The average molecular weight is 480 g/mol. The molecule has 3 heterocycles. The summed E-state index contributed by atoms with van der Waals surface area (Å²) in [5.41, 5.74) is -2.79. The molecule has 1 atom stereocenters. The molecule has 0 unspecified atom stereocenters. The van der Waals surface area contributed by atoms with Gasteiger partial charge in [-0.3, -0.25) is 4.79 Å². The molecule has 1 aliphatic rings. The Hall–Kier alpha value is -3.90. The number of alkyl halides is 6. The summed E-state index contributed by atoms with van der Waals surface area (Å²) in [6, 6.07) is 7.25. The van der Waals surface area contributed by atoms with E-state index in [1.54, 1.807) is 24.3 Å². The maximum Gasteiger partial charge on any atom is 0.416 e. The van der Waals surface area contributed by atoms with Gasteiger partial charge in [0, 0.05) is 17.5 Å². The predicted octanol–water partition coefficient (Wildman–Crippen LogP) is 4.28. The van der Waals surface area contributed by atoms with Gasteiger partial charge in [-0.05, 0) is 36.8 Å². The largest absolute Gasteiger partial charge is 0.416 e. The lowest BCUT2D eigenvalue weighted by molar-refractivity contribution is -0.143. The van der Waals surface area contributed by atoms with Crippen LogP contribution in [0.15, 0.2) is 42.5 Å². The lowest BCUT2D eigenvalue weighted by Gasteiger charge is -2.13. The van der Waals surface area contributed by atoms with E-state index >= 15 is 0 Å². The minimum atomic E-state index is -5.01. The van der Waals surface area contributed by atoms with Crippen molar-refractivity contribution >= 4 is 28.4 Å². The summed E-state index contributed by atoms with van der Waals surface area (Å²) in [7, 11) is 0. The molecule has 34 heavy (non-hydrogen) atoms. The topological polar surface area (TPSA) is 84.2 Å². The van der Waals surface area contributed by atoms with E-state index in [9.17, 15) is 31.1 Å². The predicted molar refractivity (Wildman–Crippen MR) is 109 cm³/mol. The Labute approximate surface area is 186 Å². The number of benzene rings is 2. The number of hydrogen-bond acceptors (Lipinski definition) is 5. The Bertz CT molecular complexity index is 1400. The number of carbonyl (C=O) groups excluding carboxylic acids is 1. The maximum absolute atomic E-state index is 13.3. The monoisotopic (exact) mass is 480 g/mol. The van der Waals surface area contributed by atoms with Crippen LogP contribution in [0, 0.1) is 0 Å². The fourth-order valence-corrected chi connectivity index (χ4v) is 3.74. The van der Waals surface area contributed by atoms with Crippen LogP contribution in [-0.2, 0) is 17.1 Å². The molecule has 5 rings (SSSR count). The number of anilines is 1. The zero-order valence-electron chi connectivity index (χ0n) is 17.0. The van der Waals surface area contributed by atoms with E-state index in [-0.39, 0.29) is 29.4 Å². The molecule has 2 aromatic heterocycles. The molecule has 0 spiro atoms. The van der Waals surface area contributed by atoms with Crippen molar-refractivity contribution in [2.45, 2.75) is 24.8 Å². The fraction of sp³-hybridized carbons (Fsp3) is 0.238. The van der Waals surface area contributed by atoms with Gasteiger partial charge in [0.2, 0.25) is 11.9 Å². The summed E-state index contributed by atoms with van der Waals surface area (Å²) < 4.78 is 81.1. The van der Waals surface area contributed by atoms with Gasteiger partial charge in [0.25, 0.3) is 0 Å². The van der Waals surface area contributed by atoms with Crippen LogP contribution >= 0.6 is 0 Å². The molecule has 1 saturated heterocycles. The van der Waals surface area contributed by atoms with Crippen LogP contribution in [0.1, 0.15) is 17.5 Å². The number of nitrogens with zero attached hydrogens (tertiary/aromatic N) is 4. The van der Waals surface area contributed by atoms with Gasteiger partial charge in [-0.25, -0.2) is 9.97 Å². The van der Waals surface area contributed by atoms with E-state index in [2.05, 4.69) is 25.7 Å². The van der Waals surface area contributed by atoms with Crippen LogP contribution in [0.3, 0.4) is 0 Å². The highest BCUT2D eigenvalue weighted by atomic mass is 19.4. The number of amides is 1. The standard InChI is InChI=1S/C21H14F6N6O/c22-20(23,24)11-7-10(8-12(9-11)21(25,26)27)16-31-17-13-3-1-2-4-14(13)29-19(33(17)32-16)30-15-5-6-28-18(15)34/h1-4,7-9,15H,5-6H2,(H,28,34)(H,29,30)/t15-/m1/s1. The number of hydrogen-bond donors (Lipinski definition) is 2. The van der Waals surface area contributed by atoms with Gasteiger partial charge in [-0.15, -0.1) is 5.10 Å².